The second-order valence-electron chi connectivity index (χ2n) is 3.52. The number of ether oxygens (including phenoxy) is 1. The molecule has 1 fully saturated rings. The van der Waals surface area contributed by atoms with Gasteiger partial charge in [0.25, 0.3) is 0 Å². The van der Waals surface area contributed by atoms with E-state index in [1.54, 1.807) is 4.90 Å². The highest BCUT2D eigenvalue weighted by Gasteiger charge is 2.17. The van der Waals surface area contributed by atoms with Crippen molar-refractivity contribution in [1.82, 2.24) is 4.90 Å². The summed E-state index contributed by atoms with van der Waals surface area (Å²) in [7, 11) is 0. The van der Waals surface area contributed by atoms with Crippen LogP contribution in [0.1, 0.15) is 0 Å². The molecule has 1 aliphatic rings. The van der Waals surface area contributed by atoms with Gasteiger partial charge in [-0.3, -0.25) is 4.79 Å². The minimum atomic E-state index is -1.17. The van der Waals surface area contributed by atoms with E-state index in [9.17, 15) is 14.7 Å². The van der Waals surface area contributed by atoms with Crippen LogP contribution >= 0.6 is 11.8 Å². The van der Waals surface area contributed by atoms with E-state index in [0.717, 1.165) is 0 Å². The van der Waals surface area contributed by atoms with Gasteiger partial charge < -0.3 is 25.3 Å². The predicted molar refractivity (Wildman–Crippen MR) is 56.4 cm³/mol. The maximum Gasteiger partial charge on any atom is 0.232 e. The third-order valence-corrected chi connectivity index (χ3v) is 3.33. The van der Waals surface area contributed by atoms with Gasteiger partial charge in [0, 0.05) is 13.1 Å². The molecule has 1 heterocycles. The molecule has 92 valence electrons. The lowest BCUT2D eigenvalue weighted by molar-refractivity contribution is -0.431. The third-order valence-electron chi connectivity index (χ3n) is 2.24. The van der Waals surface area contributed by atoms with E-state index in [4.69, 9.17) is 4.74 Å². The number of thioether (sulfide) groups is 1. The third kappa shape index (κ3) is 4.38. The van der Waals surface area contributed by atoms with Crippen molar-refractivity contribution in [3.05, 3.63) is 0 Å². The first-order chi connectivity index (χ1) is 7.61. The van der Waals surface area contributed by atoms with Gasteiger partial charge >= 0.3 is 0 Å². The number of carboxylic acid groups (broad SMARTS) is 1. The Hall–Kier alpha value is -0.790. The molecule has 1 atom stereocenters. The largest absolute Gasteiger partial charge is 0.544 e. The Bertz CT molecular complexity index is 256. The minimum Gasteiger partial charge on any atom is -0.544 e. The molecule has 0 aliphatic carbocycles. The summed E-state index contributed by atoms with van der Waals surface area (Å²) in [5, 5.41) is 10.4. The van der Waals surface area contributed by atoms with Crippen molar-refractivity contribution in [2.75, 3.05) is 37.8 Å². The number of hydrogen-bond acceptors (Lipinski definition) is 5. The molecule has 0 unspecified atom stereocenters. The maximum atomic E-state index is 11.6. The standard InChI is InChI=1S/C9H16N2O4S/c10-7(9(13)14)5-16-6-8(12)11-1-3-15-4-2-11/h7H,1-6,10H2,(H,13,14)/t7-/m0/s1. The molecule has 1 saturated heterocycles. The summed E-state index contributed by atoms with van der Waals surface area (Å²) in [5.74, 6) is -0.553. The number of carbonyl (C=O) groups excluding carboxylic acids is 2. The van der Waals surface area contributed by atoms with Crippen LogP contribution in [0, 0.1) is 0 Å². The number of aliphatic carboxylic acids is 1. The number of hydrogen-bond donors (Lipinski definition) is 1. The van der Waals surface area contributed by atoms with E-state index in [1.807, 2.05) is 0 Å². The van der Waals surface area contributed by atoms with Crippen LogP contribution in [0.5, 0.6) is 0 Å². The highest BCUT2D eigenvalue weighted by Crippen LogP contribution is 2.05. The highest BCUT2D eigenvalue weighted by atomic mass is 32.2. The van der Waals surface area contributed by atoms with E-state index in [0.29, 0.717) is 37.8 Å². The number of quaternary nitrogens is 1. The van der Waals surface area contributed by atoms with Crippen molar-refractivity contribution >= 4 is 23.6 Å². The van der Waals surface area contributed by atoms with Crippen molar-refractivity contribution in [3.63, 3.8) is 0 Å². The van der Waals surface area contributed by atoms with E-state index in [1.165, 1.54) is 11.8 Å². The summed E-state index contributed by atoms with van der Waals surface area (Å²) >= 11 is 1.28. The molecule has 0 radical (unpaired) electrons. The summed E-state index contributed by atoms with van der Waals surface area (Å²) in [6.07, 6.45) is 0. The summed E-state index contributed by atoms with van der Waals surface area (Å²) in [5.41, 5.74) is 3.42. The van der Waals surface area contributed by atoms with Gasteiger partial charge in [0.05, 0.1) is 30.7 Å². The van der Waals surface area contributed by atoms with Crippen LogP contribution in [0.3, 0.4) is 0 Å². The molecule has 16 heavy (non-hydrogen) atoms. The van der Waals surface area contributed by atoms with Crippen molar-refractivity contribution in [3.8, 4) is 0 Å². The Balaban J connectivity index is 2.16. The van der Waals surface area contributed by atoms with Crippen molar-refractivity contribution in [1.29, 1.82) is 0 Å². The van der Waals surface area contributed by atoms with Gasteiger partial charge in [-0.2, -0.15) is 0 Å². The molecule has 0 aromatic carbocycles. The molecule has 3 N–H and O–H groups in total. The number of amides is 1. The second-order valence-corrected chi connectivity index (χ2v) is 4.55. The molecular weight excluding hydrogens is 232 g/mol. The number of carbonyl (C=O) groups is 2. The summed E-state index contributed by atoms with van der Waals surface area (Å²) in [6, 6.07) is -0.762. The van der Waals surface area contributed by atoms with Crippen LogP contribution in [0.4, 0.5) is 0 Å². The first-order valence-corrected chi connectivity index (χ1v) is 6.24. The molecule has 1 rings (SSSR count). The van der Waals surface area contributed by atoms with Gasteiger partial charge in [0.15, 0.2) is 0 Å². The molecule has 0 spiro atoms. The fourth-order valence-electron chi connectivity index (χ4n) is 1.26. The van der Waals surface area contributed by atoms with Crippen molar-refractivity contribution < 1.29 is 25.2 Å². The fraction of sp³-hybridized carbons (Fsp3) is 0.778. The first kappa shape index (κ1) is 13.3. The van der Waals surface area contributed by atoms with Crippen LogP contribution in [-0.4, -0.2) is 60.6 Å². The van der Waals surface area contributed by atoms with Gasteiger partial charge in [-0.15, -0.1) is 11.8 Å². The average molecular weight is 248 g/mol. The van der Waals surface area contributed by atoms with E-state index in [-0.39, 0.29) is 5.91 Å². The topological polar surface area (TPSA) is 97.3 Å². The van der Waals surface area contributed by atoms with E-state index in [2.05, 4.69) is 5.73 Å². The predicted octanol–water partition coefficient (Wildman–Crippen LogP) is -3.06. The Kier molecular flexibility index (Phi) is 5.58. The SMILES string of the molecule is [NH3+][C@@H](CSCC(=O)N1CCOCC1)C(=O)[O-]. The monoisotopic (exact) mass is 248 g/mol. The lowest BCUT2D eigenvalue weighted by Gasteiger charge is -2.26. The van der Waals surface area contributed by atoms with Crippen LogP contribution in [0.2, 0.25) is 0 Å². The molecule has 0 aromatic heterocycles. The molecule has 0 bridgehead atoms. The summed E-state index contributed by atoms with van der Waals surface area (Å²) in [4.78, 5) is 23.7. The Morgan fingerprint density at radius 1 is 1.44 bits per heavy atom. The molecule has 7 heteroatoms. The van der Waals surface area contributed by atoms with E-state index < -0.39 is 12.0 Å². The Morgan fingerprint density at radius 3 is 2.62 bits per heavy atom. The van der Waals surface area contributed by atoms with Crippen LogP contribution < -0.4 is 10.8 Å². The quantitative estimate of drug-likeness (QED) is 0.557. The first-order valence-electron chi connectivity index (χ1n) is 5.08. The zero-order valence-corrected chi connectivity index (χ0v) is 9.83. The molecule has 1 aliphatic heterocycles. The van der Waals surface area contributed by atoms with Crippen molar-refractivity contribution in [2.45, 2.75) is 6.04 Å². The molecule has 0 aromatic rings. The Labute approximate surface area is 98.1 Å². The molecule has 6 nitrogen and oxygen atoms in total. The lowest BCUT2D eigenvalue weighted by atomic mass is 10.4. The maximum absolute atomic E-state index is 11.6. The zero-order valence-electron chi connectivity index (χ0n) is 9.02. The van der Waals surface area contributed by atoms with Crippen LogP contribution in [-0.2, 0) is 14.3 Å². The summed E-state index contributed by atoms with van der Waals surface area (Å²) in [6.45, 7) is 2.39. The lowest BCUT2D eigenvalue weighted by Crippen LogP contribution is -2.69. The highest BCUT2D eigenvalue weighted by molar-refractivity contribution is 8.00. The molecular formula is C9H16N2O4S. The normalized spacial score (nSPS) is 18.2. The summed E-state index contributed by atoms with van der Waals surface area (Å²) < 4.78 is 5.13. The number of nitrogens with zero attached hydrogens (tertiary/aromatic N) is 1. The van der Waals surface area contributed by atoms with E-state index >= 15 is 0 Å². The zero-order chi connectivity index (χ0) is 12.0. The molecule has 0 saturated carbocycles. The number of rotatable bonds is 5. The second kappa shape index (κ2) is 6.72. The van der Waals surface area contributed by atoms with Gasteiger partial charge in [-0.1, -0.05) is 0 Å². The van der Waals surface area contributed by atoms with Gasteiger partial charge in [0.2, 0.25) is 5.91 Å². The average Bonchev–Trinajstić information content (AvgIpc) is 2.29. The minimum absolute atomic E-state index is 0.0267. The number of carboxylic acids is 1. The van der Waals surface area contributed by atoms with Gasteiger partial charge in [-0.25, -0.2) is 0 Å². The fourth-order valence-corrected chi connectivity index (χ4v) is 2.16. The number of morpholine rings is 1. The van der Waals surface area contributed by atoms with Gasteiger partial charge in [0.1, 0.15) is 6.04 Å². The smallest absolute Gasteiger partial charge is 0.232 e. The van der Waals surface area contributed by atoms with Crippen LogP contribution in [0.25, 0.3) is 0 Å². The van der Waals surface area contributed by atoms with Gasteiger partial charge in [-0.05, 0) is 0 Å². The van der Waals surface area contributed by atoms with Crippen LogP contribution in [0.15, 0.2) is 0 Å². The van der Waals surface area contributed by atoms with Crippen molar-refractivity contribution in [2.24, 2.45) is 0 Å². The Morgan fingerprint density at radius 2 is 2.06 bits per heavy atom. The molecule has 1 amide bonds.